The Hall–Kier alpha value is -3.68. The zero-order chi connectivity index (χ0) is 31.4. The zero-order valence-corrected chi connectivity index (χ0v) is 24.2. The number of carboxylic acids is 1. The Morgan fingerprint density at radius 3 is 2.53 bits per heavy atom. The molecule has 0 aliphatic carbocycles. The van der Waals surface area contributed by atoms with Crippen molar-refractivity contribution in [2.75, 3.05) is 33.0 Å². The molecule has 0 aromatic heterocycles. The molecule has 3 heterocycles. The van der Waals surface area contributed by atoms with Gasteiger partial charge in [-0.05, 0) is 25.1 Å². The Morgan fingerprint density at radius 1 is 1.14 bits per heavy atom. The Morgan fingerprint density at radius 2 is 1.88 bits per heavy atom. The van der Waals surface area contributed by atoms with Gasteiger partial charge in [-0.2, -0.15) is 0 Å². The van der Waals surface area contributed by atoms with Gasteiger partial charge in [-0.3, -0.25) is 4.79 Å². The first-order valence-corrected chi connectivity index (χ1v) is 13.9. The number of rotatable bonds is 6. The van der Waals surface area contributed by atoms with Crippen molar-refractivity contribution in [3.05, 3.63) is 47.5 Å². The van der Waals surface area contributed by atoms with Gasteiger partial charge in [-0.25, -0.2) is 14.1 Å². The van der Waals surface area contributed by atoms with Crippen molar-refractivity contribution in [3.63, 3.8) is 0 Å². The van der Waals surface area contributed by atoms with Crippen LogP contribution in [-0.4, -0.2) is 67.7 Å². The SMILES string of the molecule is CC(=O)[C@H]1CNCC[C@]1(C(=O)O)[N@+]1(CC(C)(C)C)C(=O)COC(c2cccc3c2OCO3)c2cc(OC(F)(F)F)ccc21. The highest BCUT2D eigenvalue weighted by molar-refractivity contribution is 6.02. The Labute approximate surface area is 246 Å². The summed E-state index contributed by atoms with van der Waals surface area (Å²) in [6, 6.07) is 8.44. The summed E-state index contributed by atoms with van der Waals surface area (Å²) in [5, 5.41) is 14.2. The van der Waals surface area contributed by atoms with E-state index in [0.717, 1.165) is 12.1 Å². The van der Waals surface area contributed by atoms with E-state index in [2.05, 4.69) is 10.1 Å². The molecule has 1 amide bonds. The number of nitrogens with zero attached hydrogens (tertiary/aromatic N) is 1. The number of ether oxygens (including phenoxy) is 4. The molecule has 1 unspecified atom stereocenters. The first-order valence-electron chi connectivity index (χ1n) is 13.9. The van der Waals surface area contributed by atoms with Crippen molar-refractivity contribution in [2.45, 2.75) is 52.1 Å². The Balaban J connectivity index is 1.88. The lowest BCUT2D eigenvalue weighted by atomic mass is 9.70. The molecular formula is C30H34F3N2O8+. The third-order valence-corrected chi connectivity index (χ3v) is 8.30. The molecule has 0 spiro atoms. The molecule has 232 valence electrons. The molecule has 0 saturated carbocycles. The van der Waals surface area contributed by atoms with Crippen LogP contribution in [0.1, 0.15) is 51.3 Å². The second-order valence-corrected chi connectivity index (χ2v) is 12.3. The number of quaternary nitrogens is 1. The molecule has 0 radical (unpaired) electrons. The van der Waals surface area contributed by atoms with Crippen LogP contribution in [0.2, 0.25) is 0 Å². The molecular weight excluding hydrogens is 573 g/mol. The number of nitrogens with one attached hydrogen (secondary N) is 1. The summed E-state index contributed by atoms with van der Waals surface area (Å²) in [7, 11) is 0. The minimum Gasteiger partial charge on any atom is -0.477 e. The van der Waals surface area contributed by atoms with Crippen LogP contribution in [0.5, 0.6) is 17.2 Å². The summed E-state index contributed by atoms with van der Waals surface area (Å²) >= 11 is 0. The van der Waals surface area contributed by atoms with Crippen molar-refractivity contribution in [1.29, 1.82) is 0 Å². The molecule has 3 aliphatic heterocycles. The molecule has 10 nitrogen and oxygen atoms in total. The molecule has 5 rings (SSSR count). The number of benzene rings is 2. The second kappa shape index (κ2) is 10.8. The predicted molar refractivity (Wildman–Crippen MR) is 147 cm³/mol. The summed E-state index contributed by atoms with van der Waals surface area (Å²) in [6.07, 6.45) is -6.29. The average molecular weight is 608 g/mol. The number of para-hydroxylation sites is 1. The van der Waals surface area contributed by atoms with Crippen LogP contribution >= 0.6 is 0 Å². The summed E-state index contributed by atoms with van der Waals surface area (Å²) < 4.78 is 61.1. The monoisotopic (exact) mass is 607 g/mol. The second-order valence-electron chi connectivity index (χ2n) is 12.3. The molecule has 2 aromatic carbocycles. The van der Waals surface area contributed by atoms with Gasteiger partial charge in [0, 0.05) is 36.6 Å². The molecule has 2 aromatic rings. The van der Waals surface area contributed by atoms with Gasteiger partial charge in [0.15, 0.2) is 18.1 Å². The van der Waals surface area contributed by atoms with E-state index in [-0.39, 0.29) is 44.1 Å². The quantitative estimate of drug-likeness (QED) is 0.463. The lowest BCUT2D eigenvalue weighted by Crippen LogP contribution is -2.80. The van der Waals surface area contributed by atoms with E-state index >= 15 is 0 Å². The van der Waals surface area contributed by atoms with Gasteiger partial charge >= 0.3 is 18.2 Å². The zero-order valence-electron chi connectivity index (χ0n) is 24.2. The highest BCUT2D eigenvalue weighted by atomic mass is 19.4. The first-order chi connectivity index (χ1) is 20.1. The van der Waals surface area contributed by atoms with E-state index < -0.39 is 63.8 Å². The number of carbonyl (C=O) groups is 3. The number of amides is 1. The van der Waals surface area contributed by atoms with E-state index in [0.29, 0.717) is 17.1 Å². The van der Waals surface area contributed by atoms with E-state index in [1.54, 1.807) is 18.2 Å². The van der Waals surface area contributed by atoms with E-state index in [9.17, 15) is 32.7 Å². The normalized spacial score (nSPS) is 27.3. The molecule has 43 heavy (non-hydrogen) atoms. The number of hydrogen-bond donors (Lipinski definition) is 2. The number of ketones is 1. The topological polar surface area (TPSA) is 120 Å². The average Bonchev–Trinajstić information content (AvgIpc) is 3.36. The van der Waals surface area contributed by atoms with Crippen LogP contribution in [0.25, 0.3) is 0 Å². The van der Waals surface area contributed by atoms with Gasteiger partial charge in [-0.1, -0.05) is 32.9 Å². The van der Waals surface area contributed by atoms with Gasteiger partial charge in [0.25, 0.3) is 0 Å². The van der Waals surface area contributed by atoms with Crippen molar-refractivity contribution in [1.82, 2.24) is 9.80 Å². The standard InChI is InChI=1S/C30H33F3N2O8/c1-17(36)21-13-34-11-10-29(21,27(38)39)35(15-28(2,3)4)22-9-8-18(43-30(31,32)33)12-20(22)25(40-14-24(35)37)19-6-5-7-23-26(19)42-16-41-23/h5-9,12,21,25,34H,10-11,13-16H2,1-4H3/p+1/t21-,25?,29+,35+/m1/s1. The van der Waals surface area contributed by atoms with E-state index in [1.165, 1.54) is 13.0 Å². The summed E-state index contributed by atoms with van der Waals surface area (Å²) in [5.41, 5.74) is -2.12. The number of fused-ring (bicyclic) bond motifs is 2. The third-order valence-electron chi connectivity index (χ3n) is 8.30. The summed E-state index contributed by atoms with van der Waals surface area (Å²) in [6.45, 7) is 6.21. The highest BCUT2D eigenvalue weighted by Crippen LogP contribution is 2.53. The van der Waals surface area contributed by atoms with Crippen LogP contribution in [-0.2, 0) is 19.1 Å². The fraction of sp³-hybridized carbons (Fsp3) is 0.500. The number of Topliss-reactive ketones (excluding diaryl/α,β-unsaturated/α-hetero) is 1. The van der Waals surface area contributed by atoms with E-state index in [4.69, 9.17) is 14.2 Å². The molecule has 1 saturated heterocycles. The van der Waals surface area contributed by atoms with E-state index in [1.807, 2.05) is 20.8 Å². The summed E-state index contributed by atoms with van der Waals surface area (Å²) in [5.74, 6) is -3.47. The molecule has 3 aliphatic rings. The van der Waals surface area contributed by atoms with Crippen LogP contribution < -0.4 is 24.0 Å². The number of halogens is 3. The maximum Gasteiger partial charge on any atom is 0.573 e. The molecule has 4 atom stereocenters. The van der Waals surface area contributed by atoms with Crippen LogP contribution in [0.4, 0.5) is 18.9 Å². The van der Waals surface area contributed by atoms with Crippen LogP contribution in [0.3, 0.4) is 0 Å². The number of aliphatic carboxylic acids is 1. The van der Waals surface area contributed by atoms with Crippen molar-refractivity contribution in [3.8, 4) is 17.2 Å². The van der Waals surface area contributed by atoms with Gasteiger partial charge in [0.1, 0.15) is 23.3 Å². The number of alkyl halides is 3. The third kappa shape index (κ3) is 5.23. The Bertz CT molecular complexity index is 1460. The minimum atomic E-state index is -5.02. The lowest BCUT2D eigenvalue weighted by Gasteiger charge is -2.54. The first kappa shape index (κ1) is 30.8. The minimum absolute atomic E-state index is 0.00527. The predicted octanol–water partition coefficient (Wildman–Crippen LogP) is 4.34. The smallest absolute Gasteiger partial charge is 0.477 e. The molecule has 2 N–H and O–H groups in total. The molecule has 13 heteroatoms. The number of carboxylic acid groups (broad SMARTS) is 1. The van der Waals surface area contributed by atoms with Crippen LogP contribution in [0, 0.1) is 11.3 Å². The number of hydrogen-bond acceptors (Lipinski definition) is 8. The van der Waals surface area contributed by atoms with Gasteiger partial charge in [0.2, 0.25) is 12.3 Å². The van der Waals surface area contributed by atoms with Crippen molar-refractivity contribution in [2.24, 2.45) is 11.3 Å². The van der Waals surface area contributed by atoms with Crippen molar-refractivity contribution >= 4 is 23.3 Å². The fourth-order valence-corrected chi connectivity index (χ4v) is 6.88. The highest BCUT2D eigenvalue weighted by Gasteiger charge is 2.70. The lowest BCUT2D eigenvalue weighted by molar-refractivity contribution is -0.274. The number of piperidine rings is 1. The maximum absolute atomic E-state index is 14.7. The maximum atomic E-state index is 14.7. The van der Waals surface area contributed by atoms with Crippen LogP contribution in [0.15, 0.2) is 36.4 Å². The molecule has 1 fully saturated rings. The van der Waals surface area contributed by atoms with Gasteiger partial charge in [0.05, 0.1) is 18.0 Å². The number of carbonyl (C=O) groups excluding carboxylic acids is 2. The van der Waals surface area contributed by atoms with Gasteiger partial charge < -0.3 is 29.4 Å². The Kier molecular flexibility index (Phi) is 7.72. The van der Waals surface area contributed by atoms with Gasteiger partial charge in [-0.15, -0.1) is 13.2 Å². The largest absolute Gasteiger partial charge is 0.573 e. The molecule has 0 bridgehead atoms. The summed E-state index contributed by atoms with van der Waals surface area (Å²) in [4.78, 5) is 41.4. The van der Waals surface area contributed by atoms with Crippen molar-refractivity contribution < 1.29 is 51.6 Å². The fourth-order valence-electron chi connectivity index (χ4n) is 6.88.